The highest BCUT2D eigenvalue weighted by molar-refractivity contribution is 6.34. The molecule has 24 heavy (non-hydrogen) atoms. The fraction of sp³-hybridized carbons (Fsp3) is 0.0588. The number of benzene rings is 2. The Morgan fingerprint density at radius 1 is 1.25 bits per heavy atom. The molecule has 3 aromatic rings. The van der Waals surface area contributed by atoms with Crippen LogP contribution in [0, 0.1) is 17.0 Å². The van der Waals surface area contributed by atoms with E-state index in [4.69, 9.17) is 11.6 Å². The fourth-order valence-corrected chi connectivity index (χ4v) is 2.91. The Morgan fingerprint density at radius 3 is 2.62 bits per heavy atom. The van der Waals surface area contributed by atoms with Gasteiger partial charge in [0.1, 0.15) is 0 Å². The van der Waals surface area contributed by atoms with Crippen LogP contribution in [0.1, 0.15) is 26.4 Å². The van der Waals surface area contributed by atoms with Gasteiger partial charge in [-0.2, -0.15) is 0 Å². The predicted octanol–water partition coefficient (Wildman–Crippen LogP) is 4.01. The first kappa shape index (κ1) is 15.9. The third kappa shape index (κ3) is 2.37. The molecule has 1 heterocycles. The van der Waals surface area contributed by atoms with Crippen LogP contribution in [-0.4, -0.2) is 21.7 Å². The number of fused-ring (bicyclic) bond motifs is 1. The van der Waals surface area contributed by atoms with Crippen molar-refractivity contribution in [2.75, 3.05) is 0 Å². The molecule has 0 saturated carbocycles. The first-order valence-corrected chi connectivity index (χ1v) is 7.37. The van der Waals surface area contributed by atoms with Crippen molar-refractivity contribution in [1.29, 1.82) is 0 Å². The number of para-hydroxylation sites is 1. The normalized spacial score (nSPS) is 10.8. The molecule has 0 saturated heterocycles. The van der Waals surface area contributed by atoms with Gasteiger partial charge in [0.15, 0.2) is 6.29 Å². The lowest BCUT2D eigenvalue weighted by Gasteiger charge is -2.08. The number of hydrogen-bond donors (Lipinski definition) is 0. The molecule has 0 amide bonds. The van der Waals surface area contributed by atoms with Crippen LogP contribution in [0.5, 0.6) is 0 Å². The maximum absolute atomic E-state index is 12.9. The van der Waals surface area contributed by atoms with E-state index >= 15 is 0 Å². The summed E-state index contributed by atoms with van der Waals surface area (Å²) < 4.78 is 1.35. The van der Waals surface area contributed by atoms with Gasteiger partial charge in [-0.25, -0.2) is 0 Å². The highest BCUT2D eigenvalue weighted by Crippen LogP contribution is 2.28. The molecule has 0 bridgehead atoms. The van der Waals surface area contributed by atoms with Gasteiger partial charge in [-0.3, -0.25) is 24.3 Å². The van der Waals surface area contributed by atoms with Crippen molar-refractivity contribution in [3.8, 4) is 0 Å². The molecular formula is C17H11ClN2O4. The molecule has 2 aromatic carbocycles. The molecule has 0 aliphatic heterocycles. The van der Waals surface area contributed by atoms with Crippen molar-refractivity contribution in [2.24, 2.45) is 0 Å². The second-order valence-corrected chi connectivity index (χ2v) is 5.60. The van der Waals surface area contributed by atoms with E-state index < -0.39 is 10.8 Å². The zero-order chi connectivity index (χ0) is 17.4. The van der Waals surface area contributed by atoms with Gasteiger partial charge in [0, 0.05) is 28.8 Å². The zero-order valence-electron chi connectivity index (χ0n) is 12.5. The molecule has 0 spiro atoms. The number of carbonyl (C=O) groups is 2. The Bertz CT molecular complexity index is 1010. The van der Waals surface area contributed by atoms with E-state index in [1.165, 1.54) is 16.7 Å². The summed E-state index contributed by atoms with van der Waals surface area (Å²) in [5.74, 6) is -0.523. The number of carbonyl (C=O) groups excluding carboxylic acids is 2. The molecule has 0 atom stereocenters. The van der Waals surface area contributed by atoms with E-state index in [9.17, 15) is 19.7 Å². The van der Waals surface area contributed by atoms with Crippen LogP contribution in [-0.2, 0) is 0 Å². The second-order valence-electron chi connectivity index (χ2n) is 5.20. The molecule has 6 nitrogen and oxygen atoms in total. The van der Waals surface area contributed by atoms with Gasteiger partial charge in [-0.1, -0.05) is 29.8 Å². The third-order valence-corrected chi connectivity index (χ3v) is 4.20. The third-order valence-electron chi connectivity index (χ3n) is 3.87. The van der Waals surface area contributed by atoms with Crippen LogP contribution in [0.3, 0.4) is 0 Å². The number of nitrogens with zero attached hydrogens (tertiary/aromatic N) is 2. The van der Waals surface area contributed by atoms with E-state index in [2.05, 4.69) is 0 Å². The Hall–Kier alpha value is -2.99. The topological polar surface area (TPSA) is 82.2 Å². The molecule has 0 fully saturated rings. The largest absolute Gasteiger partial charge is 0.298 e. The molecule has 7 heteroatoms. The average molecular weight is 343 g/mol. The minimum atomic E-state index is -0.593. The molecule has 0 aliphatic carbocycles. The Balaban J connectivity index is 2.27. The summed E-state index contributed by atoms with van der Waals surface area (Å²) in [5, 5.41) is 11.7. The van der Waals surface area contributed by atoms with E-state index in [1.807, 2.05) is 0 Å². The first-order chi connectivity index (χ1) is 11.5. The highest BCUT2D eigenvalue weighted by Gasteiger charge is 2.22. The van der Waals surface area contributed by atoms with Crippen LogP contribution in [0.15, 0.2) is 42.5 Å². The van der Waals surface area contributed by atoms with E-state index in [0.717, 1.165) is 6.07 Å². The summed E-state index contributed by atoms with van der Waals surface area (Å²) >= 11 is 6.06. The van der Waals surface area contributed by atoms with E-state index in [-0.39, 0.29) is 16.3 Å². The van der Waals surface area contributed by atoms with E-state index in [0.29, 0.717) is 28.4 Å². The Morgan fingerprint density at radius 2 is 1.96 bits per heavy atom. The lowest BCUT2D eigenvalue weighted by atomic mass is 10.1. The van der Waals surface area contributed by atoms with Gasteiger partial charge in [-0.05, 0) is 19.1 Å². The summed E-state index contributed by atoms with van der Waals surface area (Å²) in [4.78, 5) is 34.7. The molecule has 0 aliphatic rings. The summed E-state index contributed by atoms with van der Waals surface area (Å²) in [6.45, 7) is 1.65. The Labute approximate surface area is 141 Å². The Kier molecular flexibility index (Phi) is 3.91. The standard InChI is InChI=1S/C17H11ClN2O4/c1-10-14(9-21)12-4-2-3-5-16(12)19(10)17(22)13-8-11(20(23)24)6-7-15(13)18/h2-9H,1H3. The van der Waals surface area contributed by atoms with Crippen LogP contribution in [0.4, 0.5) is 5.69 Å². The van der Waals surface area contributed by atoms with Gasteiger partial charge in [0.2, 0.25) is 0 Å². The van der Waals surface area contributed by atoms with Crippen LogP contribution in [0.25, 0.3) is 10.9 Å². The number of aldehydes is 1. The van der Waals surface area contributed by atoms with Crippen molar-refractivity contribution in [3.05, 3.63) is 74.4 Å². The van der Waals surface area contributed by atoms with Crippen LogP contribution in [0.2, 0.25) is 5.02 Å². The molecule has 0 N–H and O–H groups in total. The van der Waals surface area contributed by atoms with Gasteiger partial charge in [0.05, 0.1) is 21.0 Å². The fourth-order valence-electron chi connectivity index (χ4n) is 2.71. The number of nitro groups is 1. The minimum Gasteiger partial charge on any atom is -0.298 e. The molecule has 1 aromatic heterocycles. The zero-order valence-corrected chi connectivity index (χ0v) is 13.3. The average Bonchev–Trinajstić information content (AvgIpc) is 2.85. The van der Waals surface area contributed by atoms with E-state index in [1.54, 1.807) is 31.2 Å². The number of hydrogen-bond acceptors (Lipinski definition) is 4. The SMILES string of the molecule is Cc1c(C=O)c2ccccc2n1C(=O)c1cc([N+](=O)[O-])ccc1Cl. The summed E-state index contributed by atoms with van der Waals surface area (Å²) in [5.41, 5.74) is 1.18. The monoisotopic (exact) mass is 342 g/mol. The molecule has 120 valence electrons. The lowest BCUT2D eigenvalue weighted by molar-refractivity contribution is -0.384. The number of halogens is 1. The van der Waals surface area contributed by atoms with Crippen molar-refractivity contribution in [3.63, 3.8) is 0 Å². The summed E-state index contributed by atoms with van der Waals surface area (Å²) in [6.07, 6.45) is 0.691. The predicted molar refractivity (Wildman–Crippen MR) is 89.9 cm³/mol. The van der Waals surface area contributed by atoms with Crippen LogP contribution >= 0.6 is 11.6 Å². The maximum atomic E-state index is 12.9. The van der Waals surface area contributed by atoms with Crippen molar-refractivity contribution in [1.82, 2.24) is 4.57 Å². The quantitative estimate of drug-likeness (QED) is 0.409. The lowest BCUT2D eigenvalue weighted by Crippen LogP contribution is -2.14. The van der Waals surface area contributed by atoms with Crippen LogP contribution < -0.4 is 0 Å². The van der Waals surface area contributed by atoms with Crippen molar-refractivity contribution in [2.45, 2.75) is 6.92 Å². The van der Waals surface area contributed by atoms with Gasteiger partial charge >= 0.3 is 0 Å². The summed E-state index contributed by atoms with van der Waals surface area (Å²) in [7, 11) is 0. The molecule has 0 radical (unpaired) electrons. The smallest absolute Gasteiger partial charge is 0.270 e. The molecule has 0 unspecified atom stereocenters. The van der Waals surface area contributed by atoms with Crippen molar-refractivity contribution >= 4 is 40.4 Å². The van der Waals surface area contributed by atoms with Crippen molar-refractivity contribution < 1.29 is 14.5 Å². The van der Waals surface area contributed by atoms with Gasteiger partial charge < -0.3 is 0 Å². The number of non-ortho nitro benzene ring substituents is 1. The second kappa shape index (κ2) is 5.90. The molecule has 3 rings (SSSR count). The number of aromatic nitrogens is 1. The number of nitro benzene ring substituents is 1. The molecular weight excluding hydrogens is 332 g/mol. The first-order valence-electron chi connectivity index (χ1n) is 6.99. The van der Waals surface area contributed by atoms with Gasteiger partial charge in [0.25, 0.3) is 11.6 Å². The maximum Gasteiger partial charge on any atom is 0.270 e. The number of rotatable bonds is 3. The minimum absolute atomic E-state index is 0.00664. The van der Waals surface area contributed by atoms with Gasteiger partial charge in [-0.15, -0.1) is 0 Å². The highest BCUT2D eigenvalue weighted by atomic mass is 35.5. The summed E-state index contributed by atoms with van der Waals surface area (Å²) in [6, 6.07) is 10.6.